The van der Waals surface area contributed by atoms with Crippen LogP contribution in [0.3, 0.4) is 0 Å². The molecule has 0 aliphatic heterocycles. The van der Waals surface area contributed by atoms with E-state index in [2.05, 4.69) is 15.4 Å². The first-order chi connectivity index (χ1) is 7.95. The van der Waals surface area contributed by atoms with Crippen LogP contribution < -0.4 is 10.6 Å². The average molecular weight is 258 g/mol. The highest BCUT2D eigenvalue weighted by molar-refractivity contribution is 5.77. The van der Waals surface area contributed by atoms with Crippen molar-refractivity contribution in [3.8, 4) is 0 Å². The van der Waals surface area contributed by atoms with Gasteiger partial charge in [0.05, 0.1) is 19.8 Å². The summed E-state index contributed by atoms with van der Waals surface area (Å²) in [6, 6.07) is 0. The Kier molecular flexibility index (Phi) is 8.73. The molecule has 0 heterocycles. The maximum atomic E-state index is 11.6. The number of amides is 1. The molecule has 0 aliphatic carbocycles. The molecule has 2 N–H and O–H groups in total. The van der Waals surface area contributed by atoms with Crippen molar-refractivity contribution in [1.29, 1.82) is 0 Å². The first-order valence-electron chi connectivity index (χ1n) is 5.06. The molecule has 0 saturated heterocycles. The number of alkyl halides is 3. The topological polar surface area (TPSA) is 59.6 Å². The lowest BCUT2D eigenvalue weighted by Gasteiger charge is -2.08. The van der Waals surface area contributed by atoms with Crippen LogP contribution in [-0.2, 0) is 14.3 Å². The van der Waals surface area contributed by atoms with Crippen molar-refractivity contribution >= 4 is 5.91 Å². The summed E-state index contributed by atoms with van der Waals surface area (Å²) in [7, 11) is 1.54. The minimum Gasteiger partial charge on any atom is -0.383 e. The molecular formula is C9H17F3N2O3. The standard InChI is InChI=1S/C9H17F3N2O3/c1-16-4-2-13-6-8(15)14-3-5-17-7-9(10,11)12/h13H,2-7H2,1H3,(H,14,15). The van der Waals surface area contributed by atoms with Crippen molar-refractivity contribution in [2.24, 2.45) is 0 Å². The number of carbonyl (C=O) groups excluding carboxylic acids is 1. The van der Waals surface area contributed by atoms with Gasteiger partial charge in [-0.2, -0.15) is 13.2 Å². The average Bonchev–Trinajstić information content (AvgIpc) is 2.22. The summed E-state index contributed by atoms with van der Waals surface area (Å²) in [5.74, 6) is -0.295. The number of ether oxygens (including phenoxy) is 2. The second kappa shape index (κ2) is 9.20. The van der Waals surface area contributed by atoms with Crippen LogP contribution in [0.1, 0.15) is 0 Å². The third-order valence-corrected chi connectivity index (χ3v) is 1.60. The van der Waals surface area contributed by atoms with Crippen LogP contribution in [0.25, 0.3) is 0 Å². The Morgan fingerprint density at radius 3 is 2.53 bits per heavy atom. The second-order valence-electron chi connectivity index (χ2n) is 3.19. The third-order valence-electron chi connectivity index (χ3n) is 1.60. The van der Waals surface area contributed by atoms with Crippen molar-refractivity contribution in [2.75, 3.05) is 46.6 Å². The zero-order valence-electron chi connectivity index (χ0n) is 9.60. The van der Waals surface area contributed by atoms with E-state index in [4.69, 9.17) is 4.74 Å². The van der Waals surface area contributed by atoms with Crippen LogP contribution in [-0.4, -0.2) is 58.6 Å². The smallest absolute Gasteiger partial charge is 0.383 e. The van der Waals surface area contributed by atoms with Crippen LogP contribution in [0.15, 0.2) is 0 Å². The largest absolute Gasteiger partial charge is 0.411 e. The van der Waals surface area contributed by atoms with Crippen molar-refractivity contribution in [1.82, 2.24) is 10.6 Å². The zero-order valence-corrected chi connectivity index (χ0v) is 9.60. The maximum Gasteiger partial charge on any atom is 0.411 e. The minimum absolute atomic E-state index is 0.0564. The lowest BCUT2D eigenvalue weighted by atomic mass is 10.5. The Balaban J connectivity index is 3.28. The minimum atomic E-state index is -4.33. The maximum absolute atomic E-state index is 11.6. The Morgan fingerprint density at radius 2 is 1.94 bits per heavy atom. The number of methoxy groups -OCH3 is 1. The predicted molar refractivity (Wildman–Crippen MR) is 54.6 cm³/mol. The van der Waals surface area contributed by atoms with E-state index < -0.39 is 12.8 Å². The quantitative estimate of drug-likeness (QED) is 0.568. The third kappa shape index (κ3) is 13.1. The molecule has 0 aromatic rings. The van der Waals surface area contributed by atoms with Gasteiger partial charge in [0.2, 0.25) is 5.91 Å². The van der Waals surface area contributed by atoms with Gasteiger partial charge in [-0.1, -0.05) is 0 Å². The number of carbonyl (C=O) groups is 1. The molecule has 0 rings (SSSR count). The summed E-state index contributed by atoms with van der Waals surface area (Å²) in [6.07, 6.45) is -4.33. The highest BCUT2D eigenvalue weighted by Crippen LogP contribution is 2.13. The molecule has 0 saturated carbocycles. The van der Waals surface area contributed by atoms with Crippen molar-refractivity contribution in [2.45, 2.75) is 6.18 Å². The monoisotopic (exact) mass is 258 g/mol. The lowest BCUT2D eigenvalue weighted by Crippen LogP contribution is -2.37. The first kappa shape index (κ1) is 16.1. The van der Waals surface area contributed by atoms with Gasteiger partial charge in [-0.15, -0.1) is 0 Å². The molecule has 0 bridgehead atoms. The van der Waals surface area contributed by atoms with Gasteiger partial charge < -0.3 is 20.1 Å². The second-order valence-corrected chi connectivity index (χ2v) is 3.19. The van der Waals surface area contributed by atoms with E-state index >= 15 is 0 Å². The van der Waals surface area contributed by atoms with Crippen molar-refractivity contribution in [3.63, 3.8) is 0 Å². The molecule has 102 valence electrons. The van der Waals surface area contributed by atoms with Crippen LogP contribution in [0.4, 0.5) is 13.2 Å². The SMILES string of the molecule is COCCNCC(=O)NCCOCC(F)(F)F. The summed E-state index contributed by atoms with van der Waals surface area (Å²) in [5.41, 5.74) is 0. The van der Waals surface area contributed by atoms with E-state index in [1.807, 2.05) is 0 Å². The molecule has 0 atom stereocenters. The fourth-order valence-electron chi connectivity index (χ4n) is 0.889. The van der Waals surface area contributed by atoms with Gasteiger partial charge in [-0.3, -0.25) is 4.79 Å². The molecule has 0 aliphatic rings. The summed E-state index contributed by atoms with van der Waals surface area (Å²) in [5, 5.41) is 5.20. The van der Waals surface area contributed by atoms with E-state index in [9.17, 15) is 18.0 Å². The van der Waals surface area contributed by atoms with Gasteiger partial charge in [-0.05, 0) is 0 Å². The normalized spacial score (nSPS) is 11.5. The van der Waals surface area contributed by atoms with Crippen LogP contribution >= 0.6 is 0 Å². The highest BCUT2D eigenvalue weighted by atomic mass is 19.4. The van der Waals surface area contributed by atoms with Gasteiger partial charge in [0, 0.05) is 20.2 Å². The van der Waals surface area contributed by atoms with E-state index in [0.29, 0.717) is 13.2 Å². The molecule has 5 nitrogen and oxygen atoms in total. The molecule has 1 amide bonds. The van der Waals surface area contributed by atoms with Gasteiger partial charge in [0.25, 0.3) is 0 Å². The Morgan fingerprint density at radius 1 is 1.24 bits per heavy atom. The van der Waals surface area contributed by atoms with Gasteiger partial charge >= 0.3 is 6.18 Å². The highest BCUT2D eigenvalue weighted by Gasteiger charge is 2.27. The van der Waals surface area contributed by atoms with Crippen molar-refractivity contribution < 1.29 is 27.4 Å². The number of nitrogens with one attached hydrogen (secondary N) is 2. The molecule has 0 radical (unpaired) electrons. The molecule has 17 heavy (non-hydrogen) atoms. The number of halogens is 3. The molecule has 0 aromatic heterocycles. The van der Waals surface area contributed by atoms with Crippen LogP contribution in [0.5, 0.6) is 0 Å². The summed E-state index contributed by atoms with van der Waals surface area (Å²) in [4.78, 5) is 11.1. The fourth-order valence-corrected chi connectivity index (χ4v) is 0.889. The predicted octanol–water partition coefficient (Wildman–Crippen LogP) is -0.0825. The number of rotatable bonds is 9. The van der Waals surface area contributed by atoms with E-state index in [1.165, 1.54) is 0 Å². The first-order valence-corrected chi connectivity index (χ1v) is 5.06. The van der Waals surface area contributed by atoms with E-state index in [0.717, 1.165) is 0 Å². The number of hydrogen-bond donors (Lipinski definition) is 2. The Hall–Kier alpha value is -0.860. The molecular weight excluding hydrogens is 241 g/mol. The van der Waals surface area contributed by atoms with Crippen LogP contribution in [0.2, 0.25) is 0 Å². The summed E-state index contributed by atoms with van der Waals surface area (Å²) >= 11 is 0. The number of hydrogen-bond acceptors (Lipinski definition) is 4. The van der Waals surface area contributed by atoms with E-state index in [1.54, 1.807) is 7.11 Å². The Bertz CT molecular complexity index is 212. The molecule has 0 fully saturated rings. The van der Waals surface area contributed by atoms with Crippen molar-refractivity contribution in [3.05, 3.63) is 0 Å². The molecule has 8 heteroatoms. The fraction of sp³-hybridized carbons (Fsp3) is 0.889. The lowest BCUT2D eigenvalue weighted by molar-refractivity contribution is -0.173. The molecule has 0 aromatic carbocycles. The van der Waals surface area contributed by atoms with Gasteiger partial charge in [0.15, 0.2) is 0 Å². The molecule has 0 spiro atoms. The molecule has 0 unspecified atom stereocenters. The van der Waals surface area contributed by atoms with Crippen LogP contribution in [0, 0.1) is 0 Å². The summed E-state index contributed by atoms with van der Waals surface area (Å²) < 4.78 is 44.0. The zero-order chi connectivity index (χ0) is 13.1. The van der Waals surface area contributed by atoms with E-state index in [-0.39, 0.29) is 25.6 Å². The summed E-state index contributed by atoms with van der Waals surface area (Å²) in [6.45, 7) is -0.280. The Labute approximate surface area is 97.6 Å². The van der Waals surface area contributed by atoms with Gasteiger partial charge in [0.1, 0.15) is 6.61 Å². The van der Waals surface area contributed by atoms with Gasteiger partial charge in [-0.25, -0.2) is 0 Å².